The van der Waals surface area contributed by atoms with Gasteiger partial charge in [0.1, 0.15) is 0 Å². The molecule has 0 bridgehead atoms. The van der Waals surface area contributed by atoms with Crippen LogP contribution in [-0.4, -0.2) is 13.2 Å². The van der Waals surface area contributed by atoms with Crippen LogP contribution in [0.15, 0.2) is 24.3 Å². The number of rotatable bonds is 6. The van der Waals surface area contributed by atoms with Gasteiger partial charge < -0.3 is 4.74 Å². The van der Waals surface area contributed by atoms with Crippen LogP contribution >= 0.6 is 0 Å². The lowest BCUT2D eigenvalue weighted by Gasteiger charge is -2.26. The Morgan fingerprint density at radius 2 is 2.24 bits per heavy atom. The molecule has 0 aromatic heterocycles. The van der Waals surface area contributed by atoms with E-state index in [0.29, 0.717) is 5.92 Å². The number of benzene rings is 1. The zero-order valence-electron chi connectivity index (χ0n) is 10.6. The van der Waals surface area contributed by atoms with Crippen molar-refractivity contribution >= 4 is 0 Å². The van der Waals surface area contributed by atoms with E-state index in [9.17, 15) is 0 Å². The zero-order chi connectivity index (χ0) is 12.3. The first kappa shape index (κ1) is 12.6. The number of nitrogens with two attached hydrogens (primary N) is 1. The molecule has 2 rings (SSSR count). The van der Waals surface area contributed by atoms with Gasteiger partial charge in [0, 0.05) is 7.11 Å². The molecule has 0 spiro atoms. The minimum atomic E-state index is 0.0963. The molecular formula is C14H22N2O. The molecule has 1 aromatic carbocycles. The summed E-state index contributed by atoms with van der Waals surface area (Å²) in [5.41, 5.74) is 5.49. The molecule has 17 heavy (non-hydrogen) atoms. The van der Waals surface area contributed by atoms with E-state index in [1.165, 1.54) is 24.0 Å². The average Bonchev–Trinajstić information content (AvgIpc) is 3.20. The molecule has 2 atom stereocenters. The van der Waals surface area contributed by atoms with Gasteiger partial charge in [0.2, 0.25) is 0 Å². The third kappa shape index (κ3) is 2.86. The lowest BCUT2D eigenvalue weighted by atomic mass is 9.96. The molecule has 3 N–H and O–H groups in total. The van der Waals surface area contributed by atoms with Gasteiger partial charge >= 0.3 is 0 Å². The van der Waals surface area contributed by atoms with Gasteiger partial charge in [-0.25, -0.2) is 0 Å². The first-order chi connectivity index (χ1) is 8.30. The Labute approximate surface area is 103 Å². The second kappa shape index (κ2) is 5.63. The molecule has 3 heteroatoms. The van der Waals surface area contributed by atoms with E-state index in [1.54, 1.807) is 7.11 Å². The van der Waals surface area contributed by atoms with Crippen molar-refractivity contribution in [1.29, 1.82) is 0 Å². The SMILES string of the molecule is CCc1cccc(C(NN)C(OC)C2CC2)c1. The smallest absolute Gasteiger partial charge is 0.0806 e. The second-order valence-corrected chi connectivity index (χ2v) is 4.78. The summed E-state index contributed by atoms with van der Waals surface area (Å²) in [6, 6.07) is 8.68. The Bertz CT molecular complexity index is 363. The van der Waals surface area contributed by atoms with E-state index in [-0.39, 0.29) is 12.1 Å². The monoisotopic (exact) mass is 234 g/mol. The van der Waals surface area contributed by atoms with Crippen molar-refractivity contribution in [1.82, 2.24) is 5.43 Å². The maximum absolute atomic E-state index is 5.71. The molecule has 3 nitrogen and oxygen atoms in total. The highest BCUT2D eigenvalue weighted by Crippen LogP contribution is 2.39. The van der Waals surface area contributed by atoms with Crippen LogP contribution in [0.2, 0.25) is 0 Å². The van der Waals surface area contributed by atoms with Crippen molar-refractivity contribution in [3.8, 4) is 0 Å². The maximum atomic E-state index is 5.71. The van der Waals surface area contributed by atoms with Crippen LogP contribution < -0.4 is 11.3 Å². The lowest BCUT2D eigenvalue weighted by molar-refractivity contribution is 0.0506. The van der Waals surface area contributed by atoms with E-state index in [4.69, 9.17) is 10.6 Å². The van der Waals surface area contributed by atoms with Crippen LogP contribution in [0.3, 0.4) is 0 Å². The summed E-state index contributed by atoms with van der Waals surface area (Å²) in [7, 11) is 1.77. The number of nitrogens with one attached hydrogen (secondary N) is 1. The predicted molar refractivity (Wildman–Crippen MR) is 69.4 cm³/mol. The Hall–Kier alpha value is -0.900. The van der Waals surface area contributed by atoms with Crippen LogP contribution in [-0.2, 0) is 11.2 Å². The van der Waals surface area contributed by atoms with Gasteiger partial charge in [0.05, 0.1) is 12.1 Å². The van der Waals surface area contributed by atoms with Gasteiger partial charge in [0.15, 0.2) is 0 Å². The first-order valence-corrected chi connectivity index (χ1v) is 6.38. The number of methoxy groups -OCH3 is 1. The maximum Gasteiger partial charge on any atom is 0.0806 e. The van der Waals surface area contributed by atoms with Crippen molar-refractivity contribution in [2.24, 2.45) is 11.8 Å². The van der Waals surface area contributed by atoms with Crippen molar-refractivity contribution in [2.75, 3.05) is 7.11 Å². The summed E-state index contributed by atoms with van der Waals surface area (Å²) in [6.45, 7) is 2.17. The summed E-state index contributed by atoms with van der Waals surface area (Å²) in [5, 5.41) is 0. The molecule has 94 valence electrons. The Kier molecular flexibility index (Phi) is 4.15. The number of hydrogen-bond acceptors (Lipinski definition) is 3. The normalized spacial score (nSPS) is 19.0. The molecule has 0 saturated heterocycles. The van der Waals surface area contributed by atoms with Crippen molar-refractivity contribution < 1.29 is 4.74 Å². The number of aryl methyl sites for hydroxylation is 1. The molecule has 0 radical (unpaired) electrons. The largest absolute Gasteiger partial charge is 0.379 e. The number of hydrogen-bond donors (Lipinski definition) is 2. The molecular weight excluding hydrogens is 212 g/mol. The highest BCUT2D eigenvalue weighted by molar-refractivity contribution is 5.27. The fraction of sp³-hybridized carbons (Fsp3) is 0.571. The molecule has 1 aliphatic carbocycles. The molecule has 1 fully saturated rings. The highest BCUT2D eigenvalue weighted by Gasteiger charge is 2.37. The van der Waals surface area contributed by atoms with Gasteiger partial charge in [-0.05, 0) is 36.3 Å². The Morgan fingerprint density at radius 1 is 1.47 bits per heavy atom. The standard InChI is InChI=1S/C14H22N2O/c1-3-10-5-4-6-12(9-10)13(16-15)14(17-2)11-7-8-11/h4-6,9,11,13-14,16H,3,7-8,15H2,1-2H3. The number of ether oxygens (including phenoxy) is 1. The van der Waals surface area contributed by atoms with Gasteiger partial charge in [-0.3, -0.25) is 11.3 Å². The summed E-state index contributed by atoms with van der Waals surface area (Å²) in [5.74, 6) is 6.37. The van der Waals surface area contributed by atoms with Crippen LogP contribution in [0, 0.1) is 5.92 Å². The minimum absolute atomic E-state index is 0.0963. The van der Waals surface area contributed by atoms with E-state index in [2.05, 4.69) is 36.6 Å². The van der Waals surface area contributed by atoms with Crippen LogP contribution in [0.1, 0.15) is 36.9 Å². The molecule has 1 aliphatic rings. The zero-order valence-corrected chi connectivity index (χ0v) is 10.6. The molecule has 1 saturated carbocycles. The second-order valence-electron chi connectivity index (χ2n) is 4.78. The molecule has 0 heterocycles. The Balaban J connectivity index is 2.20. The fourth-order valence-corrected chi connectivity index (χ4v) is 2.41. The number of hydrazine groups is 1. The quantitative estimate of drug-likeness (QED) is 0.586. The van der Waals surface area contributed by atoms with E-state index < -0.39 is 0 Å². The fourth-order valence-electron chi connectivity index (χ4n) is 2.41. The van der Waals surface area contributed by atoms with Crippen LogP contribution in [0.4, 0.5) is 0 Å². The van der Waals surface area contributed by atoms with Crippen molar-refractivity contribution in [3.63, 3.8) is 0 Å². The topological polar surface area (TPSA) is 47.3 Å². The van der Waals surface area contributed by atoms with Crippen molar-refractivity contribution in [3.05, 3.63) is 35.4 Å². The third-order valence-electron chi connectivity index (χ3n) is 3.59. The van der Waals surface area contributed by atoms with E-state index in [1.807, 2.05) is 0 Å². The summed E-state index contributed by atoms with van der Waals surface area (Å²) in [4.78, 5) is 0. The summed E-state index contributed by atoms with van der Waals surface area (Å²) < 4.78 is 5.61. The summed E-state index contributed by atoms with van der Waals surface area (Å²) >= 11 is 0. The molecule has 2 unspecified atom stereocenters. The van der Waals surface area contributed by atoms with Crippen LogP contribution in [0.5, 0.6) is 0 Å². The van der Waals surface area contributed by atoms with Gasteiger partial charge in [-0.1, -0.05) is 31.2 Å². The summed E-state index contributed by atoms with van der Waals surface area (Å²) in [6.07, 6.45) is 3.74. The van der Waals surface area contributed by atoms with Crippen LogP contribution in [0.25, 0.3) is 0 Å². The van der Waals surface area contributed by atoms with Gasteiger partial charge in [-0.2, -0.15) is 0 Å². The molecule has 0 aliphatic heterocycles. The first-order valence-electron chi connectivity index (χ1n) is 6.38. The van der Waals surface area contributed by atoms with E-state index >= 15 is 0 Å². The van der Waals surface area contributed by atoms with Gasteiger partial charge in [0.25, 0.3) is 0 Å². The average molecular weight is 234 g/mol. The molecule has 1 aromatic rings. The lowest BCUT2D eigenvalue weighted by Crippen LogP contribution is -2.38. The van der Waals surface area contributed by atoms with Gasteiger partial charge in [-0.15, -0.1) is 0 Å². The molecule has 0 amide bonds. The van der Waals surface area contributed by atoms with E-state index in [0.717, 1.165) is 6.42 Å². The Morgan fingerprint density at radius 3 is 2.76 bits per heavy atom. The minimum Gasteiger partial charge on any atom is -0.379 e. The predicted octanol–water partition coefficient (Wildman–Crippen LogP) is 2.18. The third-order valence-corrected chi connectivity index (χ3v) is 3.59. The highest BCUT2D eigenvalue weighted by atomic mass is 16.5. The van der Waals surface area contributed by atoms with Crippen molar-refractivity contribution in [2.45, 2.75) is 38.3 Å².